The molecule has 0 saturated heterocycles. The SMILES string of the molecule is CNC(c1ccc(Br)o1)c1ccc(Br)cc1Cl. The molecule has 0 spiro atoms. The van der Waals surface area contributed by atoms with Crippen LogP contribution >= 0.6 is 43.5 Å². The largest absolute Gasteiger partial charge is 0.452 e. The van der Waals surface area contributed by atoms with Crippen LogP contribution in [0.15, 0.2) is 43.9 Å². The maximum Gasteiger partial charge on any atom is 0.169 e. The first-order valence-electron chi connectivity index (χ1n) is 4.99. The number of rotatable bonds is 3. The van der Waals surface area contributed by atoms with Gasteiger partial charge in [0, 0.05) is 9.50 Å². The second kappa shape index (κ2) is 5.57. The molecule has 5 heteroatoms. The number of furan rings is 1. The van der Waals surface area contributed by atoms with E-state index in [4.69, 9.17) is 16.0 Å². The molecule has 1 atom stereocenters. The lowest BCUT2D eigenvalue weighted by Crippen LogP contribution is -2.17. The van der Waals surface area contributed by atoms with Gasteiger partial charge in [-0.15, -0.1) is 0 Å². The molecule has 17 heavy (non-hydrogen) atoms. The molecule has 90 valence electrons. The Morgan fingerprint density at radius 2 is 2.00 bits per heavy atom. The van der Waals surface area contributed by atoms with Gasteiger partial charge in [0.2, 0.25) is 0 Å². The van der Waals surface area contributed by atoms with Gasteiger partial charge in [0.05, 0.1) is 6.04 Å². The van der Waals surface area contributed by atoms with E-state index >= 15 is 0 Å². The van der Waals surface area contributed by atoms with Crippen LogP contribution in [0.25, 0.3) is 0 Å². The predicted octanol–water partition coefficient (Wildman–Crippen LogP) is 4.77. The van der Waals surface area contributed by atoms with E-state index in [1.54, 1.807) is 0 Å². The molecule has 0 aliphatic heterocycles. The van der Waals surface area contributed by atoms with Gasteiger partial charge in [0.1, 0.15) is 5.76 Å². The predicted molar refractivity (Wildman–Crippen MR) is 76.5 cm³/mol. The molecule has 1 N–H and O–H groups in total. The summed E-state index contributed by atoms with van der Waals surface area (Å²) in [5, 5.41) is 3.89. The highest BCUT2D eigenvalue weighted by atomic mass is 79.9. The van der Waals surface area contributed by atoms with Crippen molar-refractivity contribution in [2.45, 2.75) is 6.04 Å². The minimum Gasteiger partial charge on any atom is -0.452 e. The molecular weight excluding hydrogens is 369 g/mol. The molecule has 1 unspecified atom stereocenters. The molecular formula is C12H10Br2ClNO. The Hall–Kier alpha value is -0.290. The molecule has 1 heterocycles. The summed E-state index contributed by atoms with van der Waals surface area (Å²) >= 11 is 12.9. The van der Waals surface area contributed by atoms with Crippen LogP contribution in [0.1, 0.15) is 17.4 Å². The molecule has 2 nitrogen and oxygen atoms in total. The first-order valence-corrected chi connectivity index (χ1v) is 6.95. The normalized spacial score (nSPS) is 12.7. The van der Waals surface area contributed by atoms with Gasteiger partial charge in [-0.05, 0) is 52.8 Å². The monoisotopic (exact) mass is 377 g/mol. The topological polar surface area (TPSA) is 25.2 Å². The second-order valence-corrected chi connectivity index (χ2v) is 5.63. The molecule has 1 aromatic heterocycles. The van der Waals surface area contributed by atoms with E-state index < -0.39 is 0 Å². The van der Waals surface area contributed by atoms with Crippen LogP contribution in [0.5, 0.6) is 0 Å². The quantitative estimate of drug-likeness (QED) is 0.831. The summed E-state index contributed by atoms with van der Waals surface area (Å²) in [5.74, 6) is 0.823. The highest BCUT2D eigenvalue weighted by Gasteiger charge is 2.18. The van der Waals surface area contributed by atoms with Gasteiger partial charge in [-0.1, -0.05) is 33.6 Å². The molecule has 0 fully saturated rings. The number of benzene rings is 1. The number of hydrogen-bond donors (Lipinski definition) is 1. The molecule has 0 saturated carbocycles. The molecule has 2 aromatic rings. The molecule has 0 amide bonds. The summed E-state index contributed by atoms with van der Waals surface area (Å²) in [6.45, 7) is 0. The van der Waals surface area contributed by atoms with Crippen molar-refractivity contribution in [3.05, 3.63) is 55.8 Å². The van der Waals surface area contributed by atoms with Crippen molar-refractivity contribution >= 4 is 43.5 Å². The van der Waals surface area contributed by atoms with Crippen LogP contribution in [-0.4, -0.2) is 7.05 Å². The van der Waals surface area contributed by atoms with Gasteiger partial charge in [-0.25, -0.2) is 0 Å². The lowest BCUT2D eigenvalue weighted by atomic mass is 10.0. The summed E-state index contributed by atoms with van der Waals surface area (Å²) in [6.07, 6.45) is 0. The average Bonchev–Trinajstić information content (AvgIpc) is 2.69. The second-order valence-electron chi connectivity index (χ2n) is 3.53. The number of halogens is 3. The fourth-order valence-electron chi connectivity index (χ4n) is 1.67. The van der Waals surface area contributed by atoms with Crippen LogP contribution in [0.2, 0.25) is 5.02 Å². The average molecular weight is 379 g/mol. The van der Waals surface area contributed by atoms with E-state index in [9.17, 15) is 0 Å². The minimum atomic E-state index is -0.0538. The van der Waals surface area contributed by atoms with Gasteiger partial charge in [-0.2, -0.15) is 0 Å². The van der Waals surface area contributed by atoms with E-state index in [0.29, 0.717) is 9.69 Å². The van der Waals surface area contributed by atoms with Gasteiger partial charge >= 0.3 is 0 Å². The lowest BCUT2D eigenvalue weighted by molar-refractivity contribution is 0.447. The highest BCUT2D eigenvalue weighted by molar-refractivity contribution is 9.10. The van der Waals surface area contributed by atoms with Crippen molar-refractivity contribution in [1.29, 1.82) is 0 Å². The zero-order valence-electron chi connectivity index (χ0n) is 9.01. The molecule has 2 rings (SSSR count). The molecule has 0 bridgehead atoms. The Kier molecular flexibility index (Phi) is 4.31. The van der Waals surface area contributed by atoms with Crippen LogP contribution in [-0.2, 0) is 0 Å². The minimum absolute atomic E-state index is 0.0538. The van der Waals surface area contributed by atoms with Crippen molar-refractivity contribution in [2.75, 3.05) is 7.05 Å². The third-order valence-corrected chi connectivity index (χ3v) is 3.69. The van der Waals surface area contributed by atoms with Gasteiger partial charge in [0.25, 0.3) is 0 Å². The fraction of sp³-hybridized carbons (Fsp3) is 0.167. The van der Waals surface area contributed by atoms with Crippen LogP contribution < -0.4 is 5.32 Å². The van der Waals surface area contributed by atoms with Crippen LogP contribution in [0, 0.1) is 0 Å². The molecule has 1 aromatic carbocycles. The van der Waals surface area contributed by atoms with Crippen LogP contribution in [0.3, 0.4) is 0 Å². The van der Waals surface area contributed by atoms with E-state index in [-0.39, 0.29) is 6.04 Å². The summed E-state index contributed by atoms with van der Waals surface area (Å²) in [4.78, 5) is 0. The molecule has 0 aliphatic rings. The first kappa shape index (κ1) is 13.1. The van der Waals surface area contributed by atoms with Crippen molar-refractivity contribution in [2.24, 2.45) is 0 Å². The Bertz CT molecular complexity index is 527. The third-order valence-electron chi connectivity index (χ3n) is 2.44. The van der Waals surface area contributed by atoms with E-state index in [1.165, 1.54) is 0 Å². The maximum atomic E-state index is 6.24. The first-order chi connectivity index (χ1) is 8.11. The zero-order valence-corrected chi connectivity index (χ0v) is 12.9. The highest BCUT2D eigenvalue weighted by Crippen LogP contribution is 2.31. The van der Waals surface area contributed by atoms with Gasteiger partial charge < -0.3 is 9.73 Å². The number of hydrogen-bond acceptors (Lipinski definition) is 2. The Morgan fingerprint density at radius 1 is 1.24 bits per heavy atom. The van der Waals surface area contributed by atoms with Crippen molar-refractivity contribution in [3.63, 3.8) is 0 Å². The number of nitrogens with one attached hydrogen (secondary N) is 1. The van der Waals surface area contributed by atoms with Crippen molar-refractivity contribution in [1.82, 2.24) is 5.32 Å². The Morgan fingerprint density at radius 3 is 2.53 bits per heavy atom. The standard InChI is InChI=1S/C12H10Br2ClNO/c1-16-12(10-4-5-11(14)17-10)8-3-2-7(13)6-9(8)15/h2-6,12,16H,1H3. The summed E-state index contributed by atoms with van der Waals surface area (Å²) in [6, 6.07) is 9.55. The Balaban J connectivity index is 2.42. The van der Waals surface area contributed by atoms with E-state index in [0.717, 1.165) is 15.8 Å². The smallest absolute Gasteiger partial charge is 0.169 e. The molecule has 0 radical (unpaired) electrons. The summed E-state index contributed by atoms with van der Waals surface area (Å²) in [7, 11) is 1.87. The summed E-state index contributed by atoms with van der Waals surface area (Å²) < 4.78 is 7.23. The maximum absolute atomic E-state index is 6.24. The molecule has 0 aliphatic carbocycles. The van der Waals surface area contributed by atoms with Gasteiger partial charge in [0.15, 0.2) is 4.67 Å². The Labute approximate surface area is 122 Å². The fourth-order valence-corrected chi connectivity index (χ4v) is 2.77. The third kappa shape index (κ3) is 2.94. The van der Waals surface area contributed by atoms with Crippen LogP contribution in [0.4, 0.5) is 0 Å². The zero-order chi connectivity index (χ0) is 12.4. The van der Waals surface area contributed by atoms with E-state index in [2.05, 4.69) is 37.2 Å². The van der Waals surface area contributed by atoms with Crippen molar-refractivity contribution < 1.29 is 4.42 Å². The summed E-state index contributed by atoms with van der Waals surface area (Å²) in [5.41, 5.74) is 0.985. The lowest BCUT2D eigenvalue weighted by Gasteiger charge is -2.15. The van der Waals surface area contributed by atoms with Crippen molar-refractivity contribution in [3.8, 4) is 0 Å². The van der Waals surface area contributed by atoms with Gasteiger partial charge in [-0.3, -0.25) is 0 Å². The van der Waals surface area contributed by atoms with E-state index in [1.807, 2.05) is 37.4 Å².